The number of nitriles is 1. The summed E-state index contributed by atoms with van der Waals surface area (Å²) >= 11 is 0. The molecule has 0 amide bonds. The first-order valence-electron chi connectivity index (χ1n) is 6.46. The Hall–Kier alpha value is -1.49. The van der Waals surface area contributed by atoms with Crippen molar-refractivity contribution >= 4 is 10.0 Å². The lowest BCUT2D eigenvalue weighted by Crippen LogP contribution is -2.35. The van der Waals surface area contributed by atoms with Crippen molar-refractivity contribution in [2.24, 2.45) is 0 Å². The molecule has 0 aliphatic carbocycles. The van der Waals surface area contributed by atoms with Crippen molar-refractivity contribution in [2.75, 3.05) is 13.1 Å². The molecule has 1 saturated heterocycles. The zero-order valence-corrected chi connectivity index (χ0v) is 11.7. The fraction of sp³-hybridized carbons (Fsp3) is 0.462. The molecule has 1 unspecified atom stereocenters. The van der Waals surface area contributed by atoms with E-state index < -0.39 is 21.4 Å². The van der Waals surface area contributed by atoms with Gasteiger partial charge >= 0.3 is 0 Å². The lowest BCUT2D eigenvalue weighted by Gasteiger charge is -2.16. The molecule has 5 nitrogen and oxygen atoms in total. The van der Waals surface area contributed by atoms with Gasteiger partial charge in [0.05, 0.1) is 0 Å². The highest BCUT2D eigenvalue weighted by atomic mass is 32.2. The van der Waals surface area contributed by atoms with Crippen molar-refractivity contribution in [3.63, 3.8) is 0 Å². The Kier molecular flexibility index (Phi) is 4.70. The van der Waals surface area contributed by atoms with Crippen molar-refractivity contribution < 1.29 is 12.8 Å². The zero-order valence-electron chi connectivity index (χ0n) is 10.9. The van der Waals surface area contributed by atoms with E-state index in [1.54, 1.807) is 6.07 Å². The lowest BCUT2D eigenvalue weighted by molar-refractivity contribution is 0.517. The Balaban J connectivity index is 2.27. The van der Waals surface area contributed by atoms with Crippen molar-refractivity contribution in [1.82, 2.24) is 10.0 Å². The van der Waals surface area contributed by atoms with Crippen molar-refractivity contribution in [2.45, 2.75) is 30.2 Å². The van der Waals surface area contributed by atoms with Gasteiger partial charge in [-0.3, -0.25) is 0 Å². The Bertz CT molecular complexity index is 617. The van der Waals surface area contributed by atoms with E-state index in [4.69, 9.17) is 5.26 Å². The highest BCUT2D eigenvalue weighted by Gasteiger charge is 2.25. The standard InChI is InChI=1S/C13H16FN3O2S/c14-12-4-1-5-13(11(12)9-15)20(18,19)17-10-3-2-7-16-8-6-10/h1,4-5,10,16-17H,2-3,6-8H2. The van der Waals surface area contributed by atoms with Gasteiger partial charge in [-0.25, -0.2) is 17.5 Å². The number of nitrogens with one attached hydrogen (secondary N) is 2. The molecule has 1 atom stereocenters. The maximum atomic E-state index is 13.5. The van der Waals surface area contributed by atoms with Crippen LogP contribution in [0.1, 0.15) is 24.8 Å². The molecule has 20 heavy (non-hydrogen) atoms. The normalized spacial score (nSPS) is 20.1. The third-order valence-electron chi connectivity index (χ3n) is 3.27. The van der Waals surface area contributed by atoms with Crippen LogP contribution in [0, 0.1) is 17.1 Å². The lowest BCUT2D eigenvalue weighted by atomic mass is 10.1. The summed E-state index contributed by atoms with van der Waals surface area (Å²) in [6.45, 7) is 1.60. The number of hydrogen-bond acceptors (Lipinski definition) is 4. The number of halogens is 1. The van der Waals surface area contributed by atoms with Gasteiger partial charge in [0.25, 0.3) is 0 Å². The van der Waals surface area contributed by atoms with Gasteiger partial charge in [0.2, 0.25) is 10.0 Å². The van der Waals surface area contributed by atoms with Crippen LogP contribution in [0.2, 0.25) is 0 Å². The molecule has 2 N–H and O–H groups in total. The zero-order chi connectivity index (χ0) is 14.6. The summed E-state index contributed by atoms with van der Waals surface area (Å²) in [7, 11) is -3.88. The molecule has 2 rings (SSSR count). The smallest absolute Gasteiger partial charge is 0.242 e. The third-order valence-corrected chi connectivity index (χ3v) is 4.84. The van der Waals surface area contributed by atoms with Gasteiger partial charge in [0.15, 0.2) is 0 Å². The predicted octanol–water partition coefficient (Wildman–Crippen LogP) is 1.12. The average molecular weight is 297 g/mol. The molecule has 1 aromatic rings. The van der Waals surface area contributed by atoms with Crippen LogP contribution in [-0.4, -0.2) is 27.5 Å². The second-order valence-corrected chi connectivity index (χ2v) is 6.41. The molecule has 1 aliphatic rings. The van der Waals surface area contributed by atoms with E-state index in [1.165, 1.54) is 12.1 Å². The Morgan fingerprint density at radius 2 is 2.15 bits per heavy atom. The summed E-state index contributed by atoms with van der Waals surface area (Å²) in [6, 6.07) is 5.04. The van der Waals surface area contributed by atoms with Gasteiger partial charge < -0.3 is 5.32 Å². The molecule has 0 aromatic heterocycles. The summed E-state index contributed by atoms with van der Waals surface area (Å²) in [5.74, 6) is -0.821. The molecule has 0 radical (unpaired) electrons. The molecule has 0 spiro atoms. The largest absolute Gasteiger partial charge is 0.317 e. The first kappa shape index (κ1) is 14.9. The Morgan fingerprint density at radius 3 is 2.90 bits per heavy atom. The van der Waals surface area contributed by atoms with E-state index in [1.807, 2.05) is 0 Å². The maximum absolute atomic E-state index is 13.5. The summed E-state index contributed by atoms with van der Waals surface area (Å²) in [6.07, 6.45) is 2.28. The third kappa shape index (κ3) is 3.33. The fourth-order valence-electron chi connectivity index (χ4n) is 2.26. The molecule has 1 fully saturated rings. The molecule has 1 heterocycles. The van der Waals surface area contributed by atoms with Crippen LogP contribution < -0.4 is 10.0 Å². The highest BCUT2D eigenvalue weighted by Crippen LogP contribution is 2.19. The molecule has 1 aliphatic heterocycles. The van der Waals surface area contributed by atoms with E-state index in [2.05, 4.69) is 10.0 Å². The number of hydrogen-bond donors (Lipinski definition) is 2. The van der Waals surface area contributed by atoms with Crippen LogP contribution in [0.15, 0.2) is 23.1 Å². The van der Waals surface area contributed by atoms with Gasteiger partial charge in [0.1, 0.15) is 22.3 Å². The minimum absolute atomic E-state index is 0.190. The van der Waals surface area contributed by atoms with Crippen molar-refractivity contribution in [3.05, 3.63) is 29.6 Å². The number of rotatable bonds is 3. The van der Waals surface area contributed by atoms with E-state index in [9.17, 15) is 12.8 Å². The first-order valence-corrected chi connectivity index (χ1v) is 7.94. The van der Waals surface area contributed by atoms with E-state index in [0.29, 0.717) is 6.42 Å². The molecule has 108 valence electrons. The van der Waals surface area contributed by atoms with Crippen LogP contribution in [0.4, 0.5) is 4.39 Å². The van der Waals surface area contributed by atoms with Crippen LogP contribution in [-0.2, 0) is 10.0 Å². The molecular weight excluding hydrogens is 281 g/mol. The topological polar surface area (TPSA) is 82.0 Å². The van der Waals surface area contributed by atoms with Gasteiger partial charge in [-0.05, 0) is 44.5 Å². The second-order valence-electron chi connectivity index (χ2n) is 4.72. The quantitative estimate of drug-likeness (QED) is 0.876. The summed E-state index contributed by atoms with van der Waals surface area (Å²) < 4.78 is 40.7. The Morgan fingerprint density at radius 1 is 1.35 bits per heavy atom. The minimum Gasteiger partial charge on any atom is -0.317 e. The predicted molar refractivity (Wildman–Crippen MR) is 71.9 cm³/mol. The van der Waals surface area contributed by atoms with Gasteiger partial charge in [-0.1, -0.05) is 6.07 Å². The summed E-state index contributed by atoms with van der Waals surface area (Å²) in [5, 5.41) is 12.1. The van der Waals surface area contributed by atoms with Crippen molar-refractivity contribution in [3.8, 4) is 6.07 Å². The highest BCUT2D eigenvalue weighted by molar-refractivity contribution is 7.89. The number of nitrogens with zero attached hydrogens (tertiary/aromatic N) is 1. The first-order chi connectivity index (χ1) is 9.54. The van der Waals surface area contributed by atoms with Crippen LogP contribution in [0.3, 0.4) is 0 Å². The Labute approximate surface area is 117 Å². The fourth-order valence-corrected chi connectivity index (χ4v) is 3.73. The van der Waals surface area contributed by atoms with Crippen LogP contribution in [0.5, 0.6) is 0 Å². The second kappa shape index (κ2) is 6.31. The average Bonchev–Trinajstić information content (AvgIpc) is 2.66. The van der Waals surface area contributed by atoms with Crippen LogP contribution >= 0.6 is 0 Å². The van der Waals surface area contributed by atoms with Gasteiger partial charge in [0, 0.05) is 6.04 Å². The summed E-state index contributed by atoms with van der Waals surface area (Å²) in [4.78, 5) is -0.294. The van der Waals surface area contributed by atoms with Gasteiger partial charge in [-0.15, -0.1) is 0 Å². The van der Waals surface area contributed by atoms with Crippen molar-refractivity contribution in [1.29, 1.82) is 5.26 Å². The maximum Gasteiger partial charge on any atom is 0.242 e. The monoisotopic (exact) mass is 297 g/mol. The van der Waals surface area contributed by atoms with Crippen LogP contribution in [0.25, 0.3) is 0 Å². The number of benzene rings is 1. The molecule has 7 heteroatoms. The van der Waals surface area contributed by atoms with E-state index >= 15 is 0 Å². The van der Waals surface area contributed by atoms with E-state index in [-0.39, 0.29) is 10.9 Å². The SMILES string of the molecule is N#Cc1c(F)cccc1S(=O)(=O)NC1CCCNCC1. The van der Waals surface area contributed by atoms with E-state index in [0.717, 1.165) is 32.0 Å². The van der Waals surface area contributed by atoms with Gasteiger partial charge in [-0.2, -0.15) is 5.26 Å². The molecule has 0 saturated carbocycles. The molecular formula is C13H16FN3O2S. The summed E-state index contributed by atoms with van der Waals surface area (Å²) in [5.41, 5.74) is -0.438. The minimum atomic E-state index is -3.88. The molecule has 0 bridgehead atoms. The number of sulfonamides is 1. The molecule has 1 aromatic carbocycles.